The number of hydrogen-bond donors (Lipinski definition) is 3. The molecule has 0 spiro atoms. The summed E-state index contributed by atoms with van der Waals surface area (Å²) in [5.74, 6) is 0.144. The van der Waals surface area contributed by atoms with E-state index in [0.29, 0.717) is 22.6 Å². The minimum Gasteiger partial charge on any atom is -0.383 e. The van der Waals surface area contributed by atoms with Crippen molar-refractivity contribution in [2.24, 2.45) is 5.73 Å². The van der Waals surface area contributed by atoms with Gasteiger partial charge in [0.1, 0.15) is 5.60 Å². The van der Waals surface area contributed by atoms with Crippen LogP contribution in [0.15, 0.2) is 24.3 Å². The summed E-state index contributed by atoms with van der Waals surface area (Å²) >= 11 is 6.28. The largest absolute Gasteiger partial charge is 0.383 e. The first-order valence-corrected chi connectivity index (χ1v) is 5.39. The molecule has 1 rings (SSSR count). The second-order valence-electron chi connectivity index (χ2n) is 3.02. The third-order valence-corrected chi connectivity index (χ3v) is 2.88. The van der Waals surface area contributed by atoms with Crippen molar-refractivity contribution in [1.29, 1.82) is 0 Å². The molecular formula is C9H12ClNO2S. The number of nitrogens with two attached hydrogens (primary N) is 1. The highest BCUT2D eigenvalue weighted by Gasteiger charge is 2.27. The maximum atomic E-state index is 10.0. The van der Waals surface area contributed by atoms with Crippen LogP contribution in [0.5, 0.6) is 0 Å². The van der Waals surface area contributed by atoms with Crippen LogP contribution >= 0.6 is 23.6 Å². The van der Waals surface area contributed by atoms with Crippen molar-refractivity contribution >= 4 is 23.6 Å². The fourth-order valence-corrected chi connectivity index (χ4v) is 1.75. The van der Waals surface area contributed by atoms with Crippen molar-refractivity contribution in [3.05, 3.63) is 34.9 Å². The van der Waals surface area contributed by atoms with Crippen molar-refractivity contribution < 1.29 is 9.66 Å². The van der Waals surface area contributed by atoms with Gasteiger partial charge in [-0.1, -0.05) is 23.7 Å². The molecule has 0 aliphatic heterocycles. The Balaban J connectivity index is 2.94. The molecule has 5 heteroatoms. The molecule has 0 aliphatic rings. The Morgan fingerprint density at radius 1 is 1.36 bits per heavy atom. The fraction of sp³-hybridized carbons (Fsp3) is 0.333. The molecule has 1 unspecified atom stereocenters. The standard InChI is InChI=1S/C9H12ClNO2S/c10-8-3-1-7(2-4-8)9(12,5-11)6-14-13/h1-4,12-13H,5-6,11H2. The normalized spacial score (nSPS) is 15.1. The van der Waals surface area contributed by atoms with E-state index in [4.69, 9.17) is 21.9 Å². The van der Waals surface area contributed by atoms with E-state index in [1.54, 1.807) is 24.3 Å². The molecule has 0 heterocycles. The van der Waals surface area contributed by atoms with Gasteiger partial charge in [-0.3, -0.25) is 0 Å². The fourth-order valence-electron chi connectivity index (χ4n) is 1.13. The van der Waals surface area contributed by atoms with Gasteiger partial charge < -0.3 is 15.4 Å². The van der Waals surface area contributed by atoms with E-state index in [9.17, 15) is 5.11 Å². The van der Waals surface area contributed by atoms with E-state index >= 15 is 0 Å². The number of halogens is 1. The topological polar surface area (TPSA) is 66.5 Å². The van der Waals surface area contributed by atoms with Gasteiger partial charge in [0.2, 0.25) is 0 Å². The first-order chi connectivity index (χ1) is 6.62. The van der Waals surface area contributed by atoms with Crippen LogP contribution in [0.3, 0.4) is 0 Å². The Bertz CT molecular complexity index is 293. The monoisotopic (exact) mass is 233 g/mol. The number of rotatable bonds is 4. The van der Waals surface area contributed by atoms with Gasteiger partial charge in [-0.25, -0.2) is 0 Å². The van der Waals surface area contributed by atoms with Crippen molar-refractivity contribution in [3.63, 3.8) is 0 Å². The SMILES string of the molecule is NCC(O)(CSO)c1ccc(Cl)cc1. The molecule has 1 atom stereocenters. The third kappa shape index (κ3) is 2.62. The third-order valence-electron chi connectivity index (χ3n) is 2.02. The van der Waals surface area contributed by atoms with Gasteiger partial charge in [-0.2, -0.15) is 0 Å². The van der Waals surface area contributed by atoms with Crippen molar-refractivity contribution in [2.45, 2.75) is 5.60 Å². The van der Waals surface area contributed by atoms with E-state index in [2.05, 4.69) is 0 Å². The molecule has 14 heavy (non-hydrogen) atoms. The lowest BCUT2D eigenvalue weighted by atomic mass is 9.96. The molecule has 4 N–H and O–H groups in total. The van der Waals surface area contributed by atoms with Crippen LogP contribution in [-0.4, -0.2) is 22.0 Å². The molecule has 0 aliphatic carbocycles. The lowest BCUT2D eigenvalue weighted by molar-refractivity contribution is 0.0712. The molecule has 0 amide bonds. The van der Waals surface area contributed by atoms with Gasteiger partial charge in [0, 0.05) is 11.6 Å². The predicted molar refractivity (Wildman–Crippen MR) is 59.5 cm³/mol. The molecule has 78 valence electrons. The van der Waals surface area contributed by atoms with Gasteiger partial charge in [0.05, 0.1) is 5.75 Å². The second-order valence-corrected chi connectivity index (χ2v) is 4.00. The van der Waals surface area contributed by atoms with Gasteiger partial charge in [-0.15, -0.1) is 0 Å². The quantitative estimate of drug-likeness (QED) is 0.693. The Morgan fingerprint density at radius 3 is 2.36 bits per heavy atom. The summed E-state index contributed by atoms with van der Waals surface area (Å²) in [6, 6.07) is 6.76. The van der Waals surface area contributed by atoms with Crippen LogP contribution in [0, 0.1) is 0 Å². The second kappa shape index (κ2) is 5.00. The van der Waals surface area contributed by atoms with Crippen LogP contribution in [0.1, 0.15) is 5.56 Å². The first kappa shape index (κ1) is 11.8. The van der Waals surface area contributed by atoms with Crippen LogP contribution in [0.25, 0.3) is 0 Å². The zero-order valence-electron chi connectivity index (χ0n) is 7.48. The summed E-state index contributed by atoms with van der Waals surface area (Å²) in [6.07, 6.45) is 0. The lowest BCUT2D eigenvalue weighted by Gasteiger charge is -2.25. The van der Waals surface area contributed by atoms with E-state index in [0.717, 1.165) is 0 Å². The molecule has 0 aromatic heterocycles. The molecule has 0 bridgehead atoms. The van der Waals surface area contributed by atoms with E-state index in [1.807, 2.05) is 0 Å². The zero-order valence-corrected chi connectivity index (χ0v) is 9.05. The van der Waals surface area contributed by atoms with Crippen LogP contribution in [-0.2, 0) is 5.60 Å². The zero-order chi connectivity index (χ0) is 10.6. The molecule has 1 aromatic carbocycles. The summed E-state index contributed by atoms with van der Waals surface area (Å²) in [7, 11) is 0. The van der Waals surface area contributed by atoms with Crippen molar-refractivity contribution in [2.75, 3.05) is 12.3 Å². The van der Waals surface area contributed by atoms with Crippen LogP contribution in [0.2, 0.25) is 5.02 Å². The molecule has 3 nitrogen and oxygen atoms in total. The molecule has 0 radical (unpaired) electrons. The summed E-state index contributed by atoms with van der Waals surface area (Å²) in [4.78, 5) is 0. The minimum absolute atomic E-state index is 0.0577. The van der Waals surface area contributed by atoms with Crippen LogP contribution < -0.4 is 5.73 Å². The molecule has 1 aromatic rings. The Labute approximate surface area is 92.1 Å². The number of aliphatic hydroxyl groups is 1. The van der Waals surface area contributed by atoms with E-state index in [-0.39, 0.29) is 12.3 Å². The van der Waals surface area contributed by atoms with Gasteiger partial charge in [-0.05, 0) is 29.7 Å². The van der Waals surface area contributed by atoms with Gasteiger partial charge >= 0.3 is 0 Å². The van der Waals surface area contributed by atoms with Crippen molar-refractivity contribution in [1.82, 2.24) is 0 Å². The maximum Gasteiger partial charge on any atom is 0.113 e. The average molecular weight is 234 g/mol. The summed E-state index contributed by atoms with van der Waals surface area (Å²) in [5, 5.41) is 10.6. The predicted octanol–water partition coefficient (Wildman–Crippen LogP) is 1.69. The van der Waals surface area contributed by atoms with Crippen LogP contribution in [0.4, 0.5) is 0 Å². The highest BCUT2D eigenvalue weighted by atomic mass is 35.5. The minimum atomic E-state index is -1.19. The van der Waals surface area contributed by atoms with Crippen molar-refractivity contribution in [3.8, 4) is 0 Å². The summed E-state index contributed by atoms with van der Waals surface area (Å²) in [6.45, 7) is 0.0577. The van der Waals surface area contributed by atoms with E-state index < -0.39 is 5.60 Å². The number of benzene rings is 1. The average Bonchev–Trinajstić information content (AvgIpc) is 2.19. The van der Waals surface area contributed by atoms with E-state index in [1.165, 1.54) is 0 Å². The highest BCUT2D eigenvalue weighted by Crippen LogP contribution is 2.24. The van der Waals surface area contributed by atoms with Gasteiger partial charge in [0.25, 0.3) is 0 Å². The molecular weight excluding hydrogens is 222 g/mol. The Morgan fingerprint density at radius 2 is 1.93 bits per heavy atom. The highest BCUT2D eigenvalue weighted by molar-refractivity contribution is 7.93. The number of hydrogen-bond acceptors (Lipinski definition) is 4. The molecule has 0 saturated carbocycles. The Kier molecular flexibility index (Phi) is 4.22. The smallest absolute Gasteiger partial charge is 0.113 e. The first-order valence-electron chi connectivity index (χ1n) is 4.07. The van der Waals surface area contributed by atoms with Gasteiger partial charge in [0.15, 0.2) is 0 Å². The molecule has 0 fully saturated rings. The maximum absolute atomic E-state index is 10.0. The Hall–Kier alpha value is -0.260. The summed E-state index contributed by atoms with van der Waals surface area (Å²) < 4.78 is 8.72. The summed E-state index contributed by atoms with van der Waals surface area (Å²) in [5.41, 5.74) is 4.92. The lowest BCUT2D eigenvalue weighted by Crippen LogP contribution is -2.37. The molecule has 0 saturated heterocycles.